The van der Waals surface area contributed by atoms with Gasteiger partial charge in [-0.1, -0.05) is 54.6 Å². The van der Waals surface area contributed by atoms with Crippen LogP contribution in [0.5, 0.6) is 5.75 Å². The van der Waals surface area contributed by atoms with Gasteiger partial charge in [0.25, 0.3) is 0 Å². The highest BCUT2D eigenvalue weighted by Crippen LogP contribution is 2.32. The Labute approximate surface area is 233 Å². The van der Waals surface area contributed by atoms with Crippen molar-refractivity contribution in [3.05, 3.63) is 120 Å². The first-order valence-corrected chi connectivity index (χ1v) is 12.6. The SMILES string of the molecule is O=C(OCc1ccccc1)c1ccccc1OCCn1nnc(-c2ccccc2Nc2ccc(C(F)(F)F)cc2)n1. The van der Waals surface area contributed by atoms with Crippen LogP contribution in [0.1, 0.15) is 21.5 Å². The number of carbonyl (C=O) groups is 1. The van der Waals surface area contributed by atoms with Crippen molar-refractivity contribution in [3.8, 4) is 17.1 Å². The fourth-order valence-corrected chi connectivity index (χ4v) is 3.93. The molecule has 0 atom stereocenters. The highest BCUT2D eigenvalue weighted by Gasteiger charge is 2.30. The summed E-state index contributed by atoms with van der Waals surface area (Å²) in [6.07, 6.45) is -4.41. The highest BCUT2D eigenvalue weighted by atomic mass is 19.4. The van der Waals surface area contributed by atoms with E-state index in [1.807, 2.05) is 30.3 Å². The second-order valence-electron chi connectivity index (χ2n) is 8.86. The van der Waals surface area contributed by atoms with Gasteiger partial charge in [-0.05, 0) is 59.3 Å². The number of tetrazole rings is 1. The van der Waals surface area contributed by atoms with Gasteiger partial charge in [0.05, 0.1) is 12.1 Å². The number of ether oxygens (including phenoxy) is 2. The summed E-state index contributed by atoms with van der Waals surface area (Å²) in [5.41, 5.74) is 2.15. The van der Waals surface area contributed by atoms with Crippen LogP contribution in [0.25, 0.3) is 11.4 Å². The van der Waals surface area contributed by atoms with Gasteiger partial charge in [0.1, 0.15) is 24.5 Å². The standard InChI is InChI=1S/C30H24F3N5O3/c31-30(32,33)22-14-16-23(17-15-22)34-26-12-6-4-10-24(26)28-35-37-38(36-28)18-19-40-27-13-7-5-11-25(27)29(39)41-20-21-8-2-1-3-9-21/h1-17,34H,18-20H2. The van der Waals surface area contributed by atoms with E-state index in [4.69, 9.17) is 9.47 Å². The molecule has 1 heterocycles. The van der Waals surface area contributed by atoms with Crippen LogP contribution in [0.2, 0.25) is 0 Å². The molecule has 5 aromatic rings. The monoisotopic (exact) mass is 559 g/mol. The number of nitrogens with zero attached hydrogens (tertiary/aromatic N) is 4. The molecule has 11 heteroatoms. The van der Waals surface area contributed by atoms with Crippen LogP contribution in [0.3, 0.4) is 0 Å². The number of rotatable bonds is 10. The van der Waals surface area contributed by atoms with E-state index in [1.54, 1.807) is 48.5 Å². The molecule has 4 aromatic carbocycles. The number of hydrogen-bond donors (Lipinski definition) is 1. The molecule has 0 aliphatic heterocycles. The Morgan fingerprint density at radius 3 is 2.34 bits per heavy atom. The Kier molecular flexibility index (Phi) is 8.23. The predicted molar refractivity (Wildman–Crippen MR) is 145 cm³/mol. The Morgan fingerprint density at radius 1 is 0.854 bits per heavy atom. The zero-order valence-corrected chi connectivity index (χ0v) is 21.6. The number of para-hydroxylation sites is 2. The van der Waals surface area contributed by atoms with Gasteiger partial charge < -0.3 is 14.8 Å². The van der Waals surface area contributed by atoms with Crippen molar-refractivity contribution in [2.45, 2.75) is 19.3 Å². The molecule has 0 spiro atoms. The number of alkyl halides is 3. The lowest BCUT2D eigenvalue weighted by Crippen LogP contribution is -2.13. The van der Waals surface area contributed by atoms with Crippen LogP contribution >= 0.6 is 0 Å². The number of aromatic nitrogens is 4. The third-order valence-corrected chi connectivity index (χ3v) is 5.98. The lowest BCUT2D eigenvalue weighted by atomic mass is 10.1. The molecule has 0 fully saturated rings. The molecule has 8 nitrogen and oxygen atoms in total. The topological polar surface area (TPSA) is 91.2 Å². The molecular weight excluding hydrogens is 535 g/mol. The van der Waals surface area contributed by atoms with Gasteiger partial charge >= 0.3 is 12.1 Å². The fourth-order valence-electron chi connectivity index (χ4n) is 3.93. The first-order chi connectivity index (χ1) is 19.9. The summed E-state index contributed by atoms with van der Waals surface area (Å²) < 4.78 is 49.9. The number of anilines is 2. The van der Waals surface area contributed by atoms with Crippen molar-refractivity contribution in [1.29, 1.82) is 0 Å². The molecule has 0 radical (unpaired) electrons. The van der Waals surface area contributed by atoms with Crippen LogP contribution in [-0.4, -0.2) is 32.8 Å². The first-order valence-electron chi connectivity index (χ1n) is 12.6. The minimum Gasteiger partial charge on any atom is -0.491 e. The van der Waals surface area contributed by atoms with Gasteiger partial charge in [0, 0.05) is 16.9 Å². The van der Waals surface area contributed by atoms with Crippen LogP contribution in [0.4, 0.5) is 24.5 Å². The van der Waals surface area contributed by atoms with E-state index < -0.39 is 17.7 Å². The number of nitrogens with one attached hydrogen (secondary N) is 1. The smallest absolute Gasteiger partial charge is 0.416 e. The minimum absolute atomic E-state index is 0.148. The van der Waals surface area contributed by atoms with Crippen molar-refractivity contribution in [2.75, 3.05) is 11.9 Å². The van der Waals surface area contributed by atoms with E-state index >= 15 is 0 Å². The number of halogens is 3. The van der Waals surface area contributed by atoms with Crippen LogP contribution in [0, 0.1) is 0 Å². The van der Waals surface area contributed by atoms with E-state index in [0.29, 0.717) is 34.1 Å². The summed E-state index contributed by atoms with van der Waals surface area (Å²) in [6, 6.07) is 28.1. The second kappa shape index (κ2) is 12.3. The molecule has 1 N–H and O–H groups in total. The summed E-state index contributed by atoms with van der Waals surface area (Å²) in [7, 11) is 0. The van der Waals surface area contributed by atoms with Gasteiger partial charge in [-0.2, -0.15) is 18.0 Å². The quantitative estimate of drug-likeness (QED) is 0.194. The maximum atomic E-state index is 12.9. The van der Waals surface area contributed by atoms with Crippen LogP contribution < -0.4 is 10.1 Å². The third kappa shape index (κ3) is 7.07. The summed E-state index contributed by atoms with van der Waals surface area (Å²) in [5.74, 6) is 0.199. The van der Waals surface area contributed by atoms with Gasteiger partial charge in [-0.3, -0.25) is 0 Å². The maximum Gasteiger partial charge on any atom is 0.416 e. The summed E-state index contributed by atoms with van der Waals surface area (Å²) >= 11 is 0. The Bertz CT molecular complexity index is 1610. The van der Waals surface area contributed by atoms with Crippen molar-refractivity contribution in [1.82, 2.24) is 20.2 Å². The lowest BCUT2D eigenvalue weighted by molar-refractivity contribution is -0.137. The maximum absolute atomic E-state index is 12.9. The van der Waals surface area contributed by atoms with Gasteiger partial charge in [-0.15, -0.1) is 10.2 Å². The molecule has 0 bridgehead atoms. The molecule has 0 unspecified atom stereocenters. The second-order valence-corrected chi connectivity index (χ2v) is 8.86. The van der Waals surface area contributed by atoms with E-state index in [0.717, 1.165) is 17.7 Å². The Hall–Kier alpha value is -5.19. The Balaban J connectivity index is 1.20. The normalized spacial score (nSPS) is 11.2. The van der Waals surface area contributed by atoms with E-state index in [2.05, 4.69) is 20.7 Å². The van der Waals surface area contributed by atoms with Crippen LogP contribution in [-0.2, 0) is 24.1 Å². The molecule has 0 aliphatic carbocycles. The minimum atomic E-state index is -4.41. The van der Waals surface area contributed by atoms with E-state index in [-0.39, 0.29) is 19.8 Å². The summed E-state index contributed by atoms with van der Waals surface area (Å²) in [4.78, 5) is 14.0. The zero-order chi connectivity index (χ0) is 28.7. The average molecular weight is 560 g/mol. The molecule has 208 valence electrons. The van der Waals surface area contributed by atoms with Crippen LogP contribution in [0.15, 0.2) is 103 Å². The summed E-state index contributed by atoms with van der Waals surface area (Å²) in [6.45, 7) is 0.550. The zero-order valence-electron chi connectivity index (χ0n) is 21.6. The largest absolute Gasteiger partial charge is 0.491 e. The number of benzene rings is 4. The molecule has 0 amide bonds. The highest BCUT2D eigenvalue weighted by molar-refractivity contribution is 5.92. The number of esters is 1. The summed E-state index contributed by atoms with van der Waals surface area (Å²) in [5, 5.41) is 15.7. The lowest BCUT2D eigenvalue weighted by Gasteiger charge is -2.12. The van der Waals surface area contributed by atoms with Gasteiger partial charge in [-0.25, -0.2) is 4.79 Å². The van der Waals surface area contributed by atoms with Crippen molar-refractivity contribution in [2.24, 2.45) is 0 Å². The van der Waals surface area contributed by atoms with Crippen molar-refractivity contribution in [3.63, 3.8) is 0 Å². The fraction of sp³-hybridized carbons (Fsp3) is 0.133. The predicted octanol–water partition coefficient (Wildman–Crippen LogP) is 6.54. The molecule has 1 aromatic heterocycles. The molecule has 0 aliphatic rings. The number of hydrogen-bond acceptors (Lipinski definition) is 7. The molecule has 0 saturated heterocycles. The molecule has 41 heavy (non-hydrogen) atoms. The van der Waals surface area contributed by atoms with E-state index in [1.165, 1.54) is 16.9 Å². The van der Waals surface area contributed by atoms with E-state index in [9.17, 15) is 18.0 Å². The third-order valence-electron chi connectivity index (χ3n) is 5.98. The average Bonchev–Trinajstić information content (AvgIpc) is 3.45. The molecule has 5 rings (SSSR count). The van der Waals surface area contributed by atoms with Crippen molar-refractivity contribution >= 4 is 17.3 Å². The Morgan fingerprint density at radius 2 is 1.56 bits per heavy atom. The van der Waals surface area contributed by atoms with Gasteiger partial charge in [0.2, 0.25) is 5.82 Å². The molecule has 0 saturated carbocycles. The van der Waals surface area contributed by atoms with Crippen molar-refractivity contribution < 1.29 is 27.4 Å². The van der Waals surface area contributed by atoms with Gasteiger partial charge in [0.15, 0.2) is 0 Å². The molecular formula is C30H24F3N5O3. The first kappa shape index (κ1) is 27.4. The number of carbonyl (C=O) groups excluding carboxylic acids is 1.